The van der Waals surface area contributed by atoms with Gasteiger partial charge in [0.15, 0.2) is 17.4 Å². The van der Waals surface area contributed by atoms with Crippen molar-refractivity contribution in [3.8, 4) is 5.75 Å². The molecule has 1 aliphatic rings. The molecule has 0 aromatic heterocycles. The first-order chi connectivity index (χ1) is 10.6. The van der Waals surface area contributed by atoms with E-state index in [0.717, 1.165) is 11.4 Å². The molecule has 0 aliphatic carbocycles. The van der Waals surface area contributed by atoms with Crippen LogP contribution in [0.15, 0.2) is 35.9 Å². The lowest BCUT2D eigenvalue weighted by Gasteiger charge is -2.19. The number of nitrogens with zero attached hydrogens (tertiary/aromatic N) is 1. The third kappa shape index (κ3) is 3.48. The summed E-state index contributed by atoms with van der Waals surface area (Å²) in [7, 11) is 5.00. The Labute approximate surface area is 128 Å². The van der Waals surface area contributed by atoms with Crippen LogP contribution in [0.3, 0.4) is 0 Å². The van der Waals surface area contributed by atoms with Crippen molar-refractivity contribution in [1.82, 2.24) is 15.5 Å². The Balaban J connectivity index is 2.14. The van der Waals surface area contributed by atoms with E-state index in [1.165, 1.54) is 19.2 Å². The molecule has 0 unspecified atom stereocenters. The number of benzene rings is 1. The Morgan fingerprint density at radius 1 is 1.27 bits per heavy atom. The van der Waals surface area contributed by atoms with Crippen LogP contribution in [0, 0.1) is 11.6 Å². The smallest absolute Gasteiger partial charge is 0.190 e. The average molecular weight is 310 g/mol. The van der Waals surface area contributed by atoms with E-state index in [4.69, 9.17) is 0 Å². The Morgan fingerprint density at radius 3 is 2.45 bits per heavy atom. The van der Waals surface area contributed by atoms with E-state index in [1.54, 1.807) is 0 Å². The molecule has 0 saturated carbocycles. The molecule has 0 radical (unpaired) electrons. The molecule has 120 valence electrons. The van der Waals surface area contributed by atoms with E-state index in [9.17, 15) is 8.78 Å². The molecule has 7 heteroatoms. The fourth-order valence-electron chi connectivity index (χ4n) is 2.26. The number of ether oxygens (including phenoxy) is 1. The molecule has 0 amide bonds. The summed E-state index contributed by atoms with van der Waals surface area (Å²) in [6.45, 7) is 1.09. The quantitative estimate of drug-likeness (QED) is 0.748. The Hall–Kier alpha value is -2.28. The van der Waals surface area contributed by atoms with Gasteiger partial charge in [-0.1, -0.05) is 0 Å². The largest absolute Gasteiger partial charge is 0.491 e. The number of methoxy groups -OCH3 is 1. The zero-order chi connectivity index (χ0) is 16.1. The van der Waals surface area contributed by atoms with Crippen LogP contribution < -0.4 is 20.7 Å². The molecule has 3 N–H and O–H groups in total. The van der Waals surface area contributed by atoms with Crippen LogP contribution in [0.5, 0.6) is 5.75 Å². The summed E-state index contributed by atoms with van der Waals surface area (Å²) in [5.74, 6) is -0.895. The topological polar surface area (TPSA) is 48.6 Å². The van der Waals surface area contributed by atoms with Crippen molar-refractivity contribution in [2.24, 2.45) is 0 Å². The van der Waals surface area contributed by atoms with Crippen LogP contribution in [0.2, 0.25) is 0 Å². The van der Waals surface area contributed by atoms with E-state index < -0.39 is 11.6 Å². The van der Waals surface area contributed by atoms with Gasteiger partial charge < -0.3 is 25.6 Å². The maximum absolute atomic E-state index is 13.7. The molecule has 0 fully saturated rings. The summed E-state index contributed by atoms with van der Waals surface area (Å²) in [5, 5.41) is 9.26. The van der Waals surface area contributed by atoms with Gasteiger partial charge in [0.1, 0.15) is 5.82 Å². The minimum Gasteiger partial charge on any atom is -0.491 e. The molecule has 0 bridgehead atoms. The minimum atomic E-state index is -0.731. The van der Waals surface area contributed by atoms with Crippen molar-refractivity contribution in [3.05, 3.63) is 47.6 Å². The summed E-state index contributed by atoms with van der Waals surface area (Å²) in [6, 6.07) is 2.43. The van der Waals surface area contributed by atoms with Gasteiger partial charge in [0.25, 0.3) is 0 Å². The number of anilines is 1. The number of halogens is 2. The average Bonchev–Trinajstić information content (AvgIpc) is 2.89. The Kier molecular flexibility index (Phi) is 5.21. The lowest BCUT2D eigenvalue weighted by Crippen LogP contribution is -2.25. The van der Waals surface area contributed by atoms with Gasteiger partial charge in [0, 0.05) is 55.9 Å². The van der Waals surface area contributed by atoms with Gasteiger partial charge in [0.05, 0.1) is 7.11 Å². The lowest BCUT2D eigenvalue weighted by atomic mass is 10.2. The van der Waals surface area contributed by atoms with Crippen LogP contribution >= 0.6 is 0 Å². The Bertz CT molecular complexity index is 578. The molecule has 1 aromatic carbocycles. The van der Waals surface area contributed by atoms with Crippen LogP contribution in [0.1, 0.15) is 0 Å². The van der Waals surface area contributed by atoms with Crippen LogP contribution in [0.25, 0.3) is 0 Å². The highest BCUT2D eigenvalue weighted by molar-refractivity contribution is 5.49. The summed E-state index contributed by atoms with van der Waals surface area (Å²) in [5.41, 5.74) is 1.39. The molecule has 0 atom stereocenters. The van der Waals surface area contributed by atoms with Crippen molar-refractivity contribution < 1.29 is 13.5 Å². The monoisotopic (exact) mass is 310 g/mol. The molecule has 22 heavy (non-hydrogen) atoms. The van der Waals surface area contributed by atoms with E-state index in [2.05, 4.69) is 20.7 Å². The minimum absolute atomic E-state index is 0.360. The van der Waals surface area contributed by atoms with Gasteiger partial charge in [0.2, 0.25) is 0 Å². The third-order valence-corrected chi connectivity index (χ3v) is 3.30. The number of nitrogens with one attached hydrogen (secondary N) is 3. The van der Waals surface area contributed by atoms with Gasteiger partial charge in [-0.15, -0.1) is 0 Å². The van der Waals surface area contributed by atoms with E-state index >= 15 is 0 Å². The van der Waals surface area contributed by atoms with Crippen LogP contribution in [-0.4, -0.2) is 39.2 Å². The highest BCUT2D eigenvalue weighted by Gasteiger charge is 2.14. The zero-order valence-electron chi connectivity index (χ0n) is 12.8. The maximum Gasteiger partial charge on any atom is 0.190 e. The standard InChI is InChI=1S/C15H20F2N4O/c1-18-8-10(15-19-4-5-21(15)2)9-20-11-6-12(16)14(22-3)13(17)7-11/h4-7,18-20H,8-9H2,1-3H3/b15-10-. The Morgan fingerprint density at radius 2 is 1.95 bits per heavy atom. The summed E-state index contributed by atoms with van der Waals surface area (Å²) >= 11 is 0. The second kappa shape index (κ2) is 7.13. The molecular formula is C15H20F2N4O. The summed E-state index contributed by atoms with van der Waals surface area (Å²) in [4.78, 5) is 1.95. The van der Waals surface area contributed by atoms with Gasteiger partial charge in [-0.2, -0.15) is 0 Å². The highest BCUT2D eigenvalue weighted by atomic mass is 19.1. The predicted octanol–water partition coefficient (Wildman–Crippen LogP) is 1.82. The van der Waals surface area contributed by atoms with Gasteiger partial charge >= 0.3 is 0 Å². The van der Waals surface area contributed by atoms with Crippen molar-refractivity contribution in [2.75, 3.05) is 39.6 Å². The number of hydrogen-bond donors (Lipinski definition) is 3. The molecular weight excluding hydrogens is 290 g/mol. The number of hydrogen-bond acceptors (Lipinski definition) is 5. The first-order valence-electron chi connectivity index (χ1n) is 6.86. The van der Waals surface area contributed by atoms with Crippen molar-refractivity contribution in [3.63, 3.8) is 0 Å². The first-order valence-corrected chi connectivity index (χ1v) is 6.86. The van der Waals surface area contributed by atoms with Crippen molar-refractivity contribution >= 4 is 5.69 Å². The van der Waals surface area contributed by atoms with Gasteiger partial charge in [-0.3, -0.25) is 0 Å². The fourth-order valence-corrected chi connectivity index (χ4v) is 2.26. The normalized spacial score (nSPS) is 15.8. The molecule has 5 nitrogen and oxygen atoms in total. The highest BCUT2D eigenvalue weighted by Crippen LogP contribution is 2.25. The van der Waals surface area contributed by atoms with Crippen molar-refractivity contribution in [1.29, 1.82) is 0 Å². The van der Waals surface area contributed by atoms with Gasteiger partial charge in [-0.05, 0) is 7.05 Å². The fraction of sp³-hybridized carbons (Fsp3) is 0.333. The maximum atomic E-state index is 13.7. The number of rotatable bonds is 6. The second-order valence-corrected chi connectivity index (χ2v) is 4.88. The SMILES string of the molecule is CNC/C(CNc1cc(F)c(OC)c(F)c1)=C1\NC=CN1C. The number of likely N-dealkylation sites (N-methyl/N-ethyl adjacent to an activating group) is 1. The van der Waals surface area contributed by atoms with Crippen LogP contribution in [0.4, 0.5) is 14.5 Å². The predicted molar refractivity (Wildman–Crippen MR) is 82.4 cm³/mol. The van der Waals surface area contributed by atoms with E-state index in [-0.39, 0.29) is 5.75 Å². The lowest BCUT2D eigenvalue weighted by molar-refractivity contribution is 0.360. The van der Waals surface area contributed by atoms with Gasteiger partial charge in [-0.25, -0.2) is 8.78 Å². The third-order valence-electron chi connectivity index (χ3n) is 3.30. The summed E-state index contributed by atoms with van der Waals surface area (Å²) in [6.07, 6.45) is 3.73. The van der Waals surface area contributed by atoms with Crippen LogP contribution in [-0.2, 0) is 0 Å². The molecule has 1 heterocycles. The zero-order valence-corrected chi connectivity index (χ0v) is 12.8. The van der Waals surface area contributed by atoms with E-state index in [1.807, 2.05) is 31.4 Å². The molecule has 2 rings (SSSR count). The molecule has 1 aromatic rings. The van der Waals surface area contributed by atoms with E-state index in [0.29, 0.717) is 18.8 Å². The molecule has 0 spiro atoms. The molecule has 0 saturated heterocycles. The molecule has 1 aliphatic heterocycles. The second-order valence-electron chi connectivity index (χ2n) is 4.88. The first kappa shape index (κ1) is 16.1. The summed E-state index contributed by atoms with van der Waals surface area (Å²) < 4.78 is 32.0. The van der Waals surface area contributed by atoms with Crippen molar-refractivity contribution in [2.45, 2.75) is 0 Å².